The highest BCUT2D eigenvalue weighted by Gasteiger charge is 2.10. The van der Waals surface area contributed by atoms with Gasteiger partial charge in [-0.3, -0.25) is 4.79 Å². The number of halogens is 1. The van der Waals surface area contributed by atoms with Crippen molar-refractivity contribution < 1.29 is 9.53 Å². The first-order chi connectivity index (χ1) is 16.0. The number of nitrogens with one attached hydrogen (secondary N) is 1. The van der Waals surface area contributed by atoms with Crippen molar-refractivity contribution in [1.82, 2.24) is 0 Å². The Morgan fingerprint density at radius 1 is 1.00 bits per heavy atom. The van der Waals surface area contributed by atoms with E-state index < -0.39 is 5.91 Å². The summed E-state index contributed by atoms with van der Waals surface area (Å²) >= 11 is 5.86. The number of carbonyl (C=O) groups excluding carboxylic acids is 1. The van der Waals surface area contributed by atoms with Crippen molar-refractivity contribution >= 4 is 40.0 Å². The zero-order valence-corrected chi connectivity index (χ0v) is 18.8. The third kappa shape index (κ3) is 5.41. The van der Waals surface area contributed by atoms with Gasteiger partial charge in [-0.15, -0.1) is 0 Å². The van der Waals surface area contributed by atoms with Crippen LogP contribution >= 0.6 is 11.6 Å². The number of anilines is 1. The lowest BCUT2D eigenvalue weighted by Gasteiger charge is -2.12. The molecular formula is C28H21ClN2O2. The fourth-order valence-corrected chi connectivity index (χ4v) is 3.63. The first-order valence-electron chi connectivity index (χ1n) is 10.4. The average Bonchev–Trinajstić information content (AvgIpc) is 2.84. The van der Waals surface area contributed by atoms with Gasteiger partial charge in [-0.1, -0.05) is 60.1 Å². The Morgan fingerprint density at radius 3 is 2.45 bits per heavy atom. The number of aryl methyl sites for hydroxylation is 1. The van der Waals surface area contributed by atoms with Crippen LogP contribution in [0.4, 0.5) is 5.69 Å². The van der Waals surface area contributed by atoms with Crippen LogP contribution in [0.15, 0.2) is 90.5 Å². The van der Waals surface area contributed by atoms with Crippen molar-refractivity contribution in [2.45, 2.75) is 13.5 Å². The molecule has 0 aliphatic rings. The quantitative estimate of drug-likeness (QED) is 0.255. The van der Waals surface area contributed by atoms with E-state index in [9.17, 15) is 10.1 Å². The number of amides is 1. The van der Waals surface area contributed by atoms with E-state index in [-0.39, 0.29) is 5.57 Å². The largest absolute Gasteiger partial charge is 0.489 e. The second kappa shape index (κ2) is 10.0. The molecule has 4 aromatic rings. The van der Waals surface area contributed by atoms with E-state index in [0.717, 1.165) is 11.1 Å². The number of ether oxygens (including phenoxy) is 1. The fourth-order valence-electron chi connectivity index (χ4n) is 3.50. The molecule has 0 fully saturated rings. The summed E-state index contributed by atoms with van der Waals surface area (Å²) in [5.74, 6) is 0.232. The van der Waals surface area contributed by atoms with E-state index in [4.69, 9.17) is 16.3 Å². The Bertz CT molecular complexity index is 1370. The van der Waals surface area contributed by atoms with Crippen molar-refractivity contribution in [3.8, 4) is 11.8 Å². The summed E-state index contributed by atoms with van der Waals surface area (Å²) in [5, 5.41) is 15.1. The van der Waals surface area contributed by atoms with Crippen LogP contribution in [0.3, 0.4) is 0 Å². The molecule has 0 spiro atoms. The number of fused-ring (bicyclic) bond motifs is 1. The molecule has 1 N–H and O–H groups in total. The van der Waals surface area contributed by atoms with Crippen molar-refractivity contribution in [2.24, 2.45) is 0 Å². The summed E-state index contributed by atoms with van der Waals surface area (Å²) < 4.78 is 6.03. The maximum absolute atomic E-state index is 12.4. The van der Waals surface area contributed by atoms with Gasteiger partial charge in [-0.05, 0) is 71.3 Å². The second-order valence-corrected chi connectivity index (χ2v) is 8.01. The van der Waals surface area contributed by atoms with Crippen molar-refractivity contribution in [3.63, 3.8) is 0 Å². The number of benzene rings is 4. The molecule has 0 saturated carbocycles. The second-order valence-electron chi connectivity index (χ2n) is 7.57. The molecule has 5 heteroatoms. The standard InChI is InChI=1S/C28H21ClN2O2/c1-19-6-9-21-4-2-3-5-26(21)27(19)18-33-25-14-7-20(8-15-25)16-22(17-30)28(32)31-24-12-10-23(29)11-13-24/h2-16H,18H2,1H3,(H,31,32)/b22-16+. The first kappa shape index (κ1) is 22.1. The van der Waals surface area contributed by atoms with Gasteiger partial charge in [0, 0.05) is 16.3 Å². The number of hydrogen-bond acceptors (Lipinski definition) is 3. The Kier molecular flexibility index (Phi) is 6.73. The van der Waals surface area contributed by atoms with Crippen LogP contribution in [0, 0.1) is 18.3 Å². The van der Waals surface area contributed by atoms with E-state index >= 15 is 0 Å². The predicted octanol–water partition coefficient (Wildman–Crippen LogP) is 6.93. The highest BCUT2D eigenvalue weighted by atomic mass is 35.5. The third-order valence-electron chi connectivity index (χ3n) is 5.32. The monoisotopic (exact) mass is 452 g/mol. The van der Waals surface area contributed by atoms with Crippen LogP contribution in [0.5, 0.6) is 5.75 Å². The zero-order chi connectivity index (χ0) is 23.2. The van der Waals surface area contributed by atoms with Gasteiger partial charge < -0.3 is 10.1 Å². The van der Waals surface area contributed by atoms with E-state index in [1.807, 2.05) is 42.5 Å². The Hall–Kier alpha value is -4.07. The molecule has 33 heavy (non-hydrogen) atoms. The number of nitrogens with zero attached hydrogens (tertiary/aromatic N) is 1. The van der Waals surface area contributed by atoms with Crippen LogP contribution < -0.4 is 10.1 Å². The van der Waals surface area contributed by atoms with Crippen LogP contribution in [-0.2, 0) is 11.4 Å². The van der Waals surface area contributed by atoms with E-state index in [0.29, 0.717) is 23.1 Å². The number of hydrogen-bond donors (Lipinski definition) is 1. The molecule has 1 amide bonds. The molecule has 0 heterocycles. The lowest BCUT2D eigenvalue weighted by molar-refractivity contribution is -0.112. The Balaban J connectivity index is 1.45. The lowest BCUT2D eigenvalue weighted by Crippen LogP contribution is -2.13. The van der Waals surface area contributed by atoms with Gasteiger partial charge >= 0.3 is 0 Å². The minimum Gasteiger partial charge on any atom is -0.489 e. The van der Waals surface area contributed by atoms with Gasteiger partial charge in [-0.25, -0.2) is 0 Å². The molecule has 0 radical (unpaired) electrons. The molecule has 0 atom stereocenters. The van der Waals surface area contributed by atoms with Gasteiger partial charge in [0.25, 0.3) is 5.91 Å². The molecular weight excluding hydrogens is 432 g/mol. The zero-order valence-electron chi connectivity index (χ0n) is 18.0. The molecule has 0 bridgehead atoms. The molecule has 4 rings (SSSR count). The van der Waals surface area contributed by atoms with Crippen LogP contribution in [0.25, 0.3) is 16.8 Å². The molecule has 0 aromatic heterocycles. The average molecular weight is 453 g/mol. The van der Waals surface area contributed by atoms with Gasteiger partial charge in [0.1, 0.15) is 24.0 Å². The highest BCUT2D eigenvalue weighted by molar-refractivity contribution is 6.30. The molecule has 0 aliphatic heterocycles. The Labute approximate surface area is 197 Å². The van der Waals surface area contributed by atoms with Crippen molar-refractivity contribution in [3.05, 3.63) is 112 Å². The minimum atomic E-state index is -0.480. The van der Waals surface area contributed by atoms with E-state index in [1.54, 1.807) is 30.3 Å². The van der Waals surface area contributed by atoms with Crippen LogP contribution in [0.2, 0.25) is 5.02 Å². The number of carbonyl (C=O) groups is 1. The van der Waals surface area contributed by atoms with E-state index in [2.05, 4.69) is 36.5 Å². The summed E-state index contributed by atoms with van der Waals surface area (Å²) in [5.41, 5.74) is 3.64. The molecule has 4 nitrogen and oxygen atoms in total. The number of nitriles is 1. The molecule has 162 valence electrons. The van der Waals surface area contributed by atoms with Crippen LogP contribution in [-0.4, -0.2) is 5.91 Å². The highest BCUT2D eigenvalue weighted by Crippen LogP contribution is 2.24. The van der Waals surface area contributed by atoms with E-state index in [1.165, 1.54) is 16.3 Å². The summed E-state index contributed by atoms with van der Waals surface area (Å²) in [6.45, 7) is 2.53. The SMILES string of the molecule is Cc1ccc2ccccc2c1COc1ccc(/C=C(\C#N)C(=O)Nc2ccc(Cl)cc2)cc1. The topological polar surface area (TPSA) is 62.1 Å². The maximum atomic E-state index is 12.4. The summed E-state index contributed by atoms with van der Waals surface area (Å²) in [7, 11) is 0. The van der Waals surface area contributed by atoms with Gasteiger partial charge in [0.15, 0.2) is 0 Å². The van der Waals surface area contributed by atoms with Crippen LogP contribution in [0.1, 0.15) is 16.7 Å². The summed E-state index contributed by atoms with van der Waals surface area (Å²) in [6, 6.07) is 28.4. The minimum absolute atomic E-state index is 0.00463. The number of rotatable bonds is 6. The van der Waals surface area contributed by atoms with Crippen molar-refractivity contribution in [2.75, 3.05) is 5.32 Å². The molecule has 0 saturated heterocycles. The Morgan fingerprint density at radius 2 is 1.73 bits per heavy atom. The predicted molar refractivity (Wildman–Crippen MR) is 133 cm³/mol. The maximum Gasteiger partial charge on any atom is 0.266 e. The third-order valence-corrected chi connectivity index (χ3v) is 5.57. The normalized spacial score (nSPS) is 11.1. The summed E-state index contributed by atoms with van der Waals surface area (Å²) in [4.78, 5) is 12.4. The smallest absolute Gasteiger partial charge is 0.266 e. The lowest BCUT2D eigenvalue weighted by atomic mass is 10.0. The van der Waals surface area contributed by atoms with Crippen molar-refractivity contribution in [1.29, 1.82) is 5.26 Å². The molecule has 0 aliphatic carbocycles. The first-order valence-corrected chi connectivity index (χ1v) is 10.8. The van der Waals surface area contributed by atoms with Gasteiger partial charge in [-0.2, -0.15) is 5.26 Å². The van der Waals surface area contributed by atoms with Gasteiger partial charge in [0.2, 0.25) is 0 Å². The fraction of sp³-hybridized carbons (Fsp3) is 0.0714. The molecule has 4 aromatic carbocycles. The van der Waals surface area contributed by atoms with Gasteiger partial charge in [0.05, 0.1) is 0 Å². The summed E-state index contributed by atoms with van der Waals surface area (Å²) in [6.07, 6.45) is 1.55. The molecule has 0 unspecified atom stereocenters.